The average Bonchev–Trinajstić information content (AvgIpc) is 3.07. The molecule has 0 N–H and O–H groups in total. The molecule has 1 aromatic heterocycles. The molecular formula is C27H28ClFN4O3S. The quantitative estimate of drug-likeness (QED) is 0.449. The van der Waals surface area contributed by atoms with E-state index in [0.29, 0.717) is 36.2 Å². The molecule has 37 heavy (non-hydrogen) atoms. The van der Waals surface area contributed by atoms with Crippen LogP contribution in [-0.2, 0) is 16.1 Å². The molecule has 3 aromatic rings. The Kier molecular flexibility index (Phi) is 7.04. The molecule has 1 saturated heterocycles. The first-order chi connectivity index (χ1) is 17.7. The van der Waals surface area contributed by atoms with Crippen LogP contribution in [0.15, 0.2) is 52.7 Å². The average molecular weight is 543 g/mol. The summed E-state index contributed by atoms with van der Waals surface area (Å²) in [6.45, 7) is 8.96. The van der Waals surface area contributed by atoms with Gasteiger partial charge in [0.25, 0.3) is 0 Å². The summed E-state index contributed by atoms with van der Waals surface area (Å²) in [4.78, 5) is 35.2. The number of ether oxygens (including phenoxy) is 1. The maximum Gasteiger partial charge on any atom is 0.350 e. The van der Waals surface area contributed by atoms with Gasteiger partial charge in [-0.3, -0.25) is 9.36 Å². The molecule has 2 aromatic carbocycles. The van der Waals surface area contributed by atoms with E-state index in [1.165, 1.54) is 18.2 Å². The van der Waals surface area contributed by atoms with Crippen LogP contribution in [0.4, 0.5) is 10.2 Å². The van der Waals surface area contributed by atoms with Gasteiger partial charge in [-0.1, -0.05) is 30.3 Å². The third-order valence-corrected chi connectivity index (χ3v) is 8.59. The molecule has 3 atom stereocenters. The van der Waals surface area contributed by atoms with E-state index in [1.807, 2.05) is 24.8 Å². The Labute approximate surface area is 223 Å². The van der Waals surface area contributed by atoms with Crippen molar-refractivity contribution in [3.8, 4) is 11.1 Å². The van der Waals surface area contributed by atoms with Crippen LogP contribution in [0, 0.1) is 5.82 Å². The third-order valence-electron chi connectivity index (χ3n) is 7.06. The summed E-state index contributed by atoms with van der Waals surface area (Å²) in [7, 11) is 1.63. The van der Waals surface area contributed by atoms with Crippen LogP contribution in [0.5, 0.6) is 0 Å². The Morgan fingerprint density at radius 1 is 1.22 bits per heavy atom. The van der Waals surface area contributed by atoms with E-state index in [1.54, 1.807) is 35.6 Å². The summed E-state index contributed by atoms with van der Waals surface area (Å²) in [6, 6.07) is 7.83. The Morgan fingerprint density at radius 3 is 2.51 bits per heavy atom. The number of methoxy groups -OCH3 is 1. The number of thioether (sulfide) groups is 1. The number of amides is 1. The van der Waals surface area contributed by atoms with Crippen molar-refractivity contribution in [1.82, 2.24) is 14.5 Å². The van der Waals surface area contributed by atoms with Crippen LogP contribution in [0.25, 0.3) is 22.0 Å². The van der Waals surface area contributed by atoms with Crippen molar-refractivity contribution in [3.05, 3.63) is 64.3 Å². The van der Waals surface area contributed by atoms with E-state index < -0.39 is 0 Å². The zero-order valence-corrected chi connectivity index (χ0v) is 22.5. The fourth-order valence-corrected chi connectivity index (χ4v) is 7.10. The molecule has 0 spiro atoms. The molecule has 10 heteroatoms. The smallest absolute Gasteiger partial charge is 0.350 e. The molecule has 0 radical (unpaired) electrons. The first kappa shape index (κ1) is 25.8. The second kappa shape index (κ2) is 10.1. The van der Waals surface area contributed by atoms with Crippen LogP contribution in [0.2, 0.25) is 5.02 Å². The van der Waals surface area contributed by atoms with Crippen molar-refractivity contribution in [1.29, 1.82) is 0 Å². The molecule has 0 saturated carbocycles. The number of aromatic nitrogens is 2. The zero-order chi connectivity index (χ0) is 26.4. The standard InChI is InChI=1S/C27H28ClFN4O3S/c1-5-22(34)33-15(2)11-31(12-16(33)3)26-20-10-21(28)23(17-6-8-18(29)9-7-17)25-24(20)32(27(35)30-26)13-19(36-4)14-37-25/h5-10,15-16,19H,1,11-14H2,2-4H3/t15-,16+,19-/m1/s1. The van der Waals surface area contributed by atoms with Gasteiger partial charge >= 0.3 is 5.69 Å². The highest BCUT2D eigenvalue weighted by Crippen LogP contribution is 2.45. The minimum absolute atomic E-state index is 0.107. The van der Waals surface area contributed by atoms with E-state index in [2.05, 4.69) is 16.5 Å². The van der Waals surface area contributed by atoms with Crippen molar-refractivity contribution in [2.24, 2.45) is 0 Å². The van der Waals surface area contributed by atoms with Crippen molar-refractivity contribution < 1.29 is 13.9 Å². The van der Waals surface area contributed by atoms with E-state index >= 15 is 0 Å². The first-order valence-electron chi connectivity index (χ1n) is 12.1. The van der Waals surface area contributed by atoms with Gasteiger partial charge in [0.15, 0.2) is 0 Å². The van der Waals surface area contributed by atoms with Gasteiger partial charge in [0, 0.05) is 53.9 Å². The van der Waals surface area contributed by atoms with Crippen LogP contribution < -0.4 is 10.6 Å². The van der Waals surface area contributed by atoms with Gasteiger partial charge < -0.3 is 14.5 Å². The van der Waals surface area contributed by atoms with Crippen LogP contribution >= 0.6 is 23.4 Å². The fraction of sp³-hybridized carbons (Fsp3) is 0.370. The van der Waals surface area contributed by atoms with Gasteiger partial charge in [0.2, 0.25) is 5.91 Å². The molecular weight excluding hydrogens is 515 g/mol. The van der Waals surface area contributed by atoms with E-state index in [4.69, 9.17) is 16.3 Å². The van der Waals surface area contributed by atoms with Gasteiger partial charge in [-0.15, -0.1) is 11.8 Å². The molecule has 7 nitrogen and oxygen atoms in total. The normalized spacial score (nSPS) is 21.7. The highest BCUT2D eigenvalue weighted by atomic mass is 35.5. The predicted octanol–water partition coefficient (Wildman–Crippen LogP) is 4.59. The lowest BCUT2D eigenvalue weighted by molar-refractivity contribution is -0.130. The number of piperazine rings is 1. The molecule has 2 aliphatic heterocycles. The second-order valence-corrected chi connectivity index (χ2v) is 11.0. The molecule has 1 fully saturated rings. The monoisotopic (exact) mass is 542 g/mol. The summed E-state index contributed by atoms with van der Waals surface area (Å²) >= 11 is 8.49. The SMILES string of the molecule is C=CC(=O)N1[C@H](C)CN(c2nc(=O)n3c4c(c(-c5ccc(F)cc5)c(Cl)cc24)SC[C@H](OC)C3)C[C@@H]1C. The summed E-state index contributed by atoms with van der Waals surface area (Å²) in [5, 5.41) is 1.25. The summed E-state index contributed by atoms with van der Waals surface area (Å²) in [5.74, 6) is 0.716. The molecule has 2 aliphatic rings. The maximum absolute atomic E-state index is 13.7. The summed E-state index contributed by atoms with van der Waals surface area (Å²) < 4.78 is 21.0. The number of carbonyl (C=O) groups excluding carboxylic acids is 1. The van der Waals surface area contributed by atoms with E-state index in [-0.39, 0.29) is 35.6 Å². The van der Waals surface area contributed by atoms with Gasteiger partial charge in [-0.05, 0) is 43.7 Å². The Morgan fingerprint density at radius 2 is 1.89 bits per heavy atom. The molecule has 0 aliphatic carbocycles. The van der Waals surface area contributed by atoms with Gasteiger partial charge in [-0.25, -0.2) is 9.18 Å². The van der Waals surface area contributed by atoms with Gasteiger partial charge in [-0.2, -0.15) is 4.98 Å². The number of anilines is 1. The second-order valence-electron chi connectivity index (χ2n) is 9.52. The van der Waals surface area contributed by atoms with Crippen molar-refractivity contribution >= 4 is 46.0 Å². The lowest BCUT2D eigenvalue weighted by Crippen LogP contribution is -2.58. The minimum atomic E-state index is -0.370. The lowest BCUT2D eigenvalue weighted by Gasteiger charge is -2.44. The zero-order valence-electron chi connectivity index (χ0n) is 20.9. The number of rotatable bonds is 4. The highest BCUT2D eigenvalue weighted by Gasteiger charge is 2.34. The number of carbonyl (C=O) groups is 1. The molecule has 194 valence electrons. The van der Waals surface area contributed by atoms with Gasteiger partial charge in [0.1, 0.15) is 11.6 Å². The lowest BCUT2D eigenvalue weighted by atomic mass is 10.0. The minimum Gasteiger partial charge on any atom is -0.379 e. The summed E-state index contributed by atoms with van der Waals surface area (Å²) in [6.07, 6.45) is 1.14. The number of hydrogen-bond acceptors (Lipinski definition) is 6. The molecule has 3 heterocycles. The number of halogens is 2. The highest BCUT2D eigenvalue weighted by molar-refractivity contribution is 7.99. The predicted molar refractivity (Wildman–Crippen MR) is 146 cm³/mol. The maximum atomic E-state index is 13.7. The number of nitrogens with zero attached hydrogens (tertiary/aromatic N) is 4. The van der Waals surface area contributed by atoms with Crippen LogP contribution in [0.3, 0.4) is 0 Å². The van der Waals surface area contributed by atoms with Crippen molar-refractivity contribution in [3.63, 3.8) is 0 Å². The van der Waals surface area contributed by atoms with Crippen LogP contribution in [0.1, 0.15) is 13.8 Å². The fourth-order valence-electron chi connectivity index (χ4n) is 5.41. The van der Waals surface area contributed by atoms with Crippen molar-refractivity contribution in [2.75, 3.05) is 30.9 Å². The van der Waals surface area contributed by atoms with Crippen molar-refractivity contribution in [2.45, 2.75) is 43.5 Å². The molecule has 0 unspecified atom stereocenters. The topological polar surface area (TPSA) is 67.7 Å². The van der Waals surface area contributed by atoms with E-state index in [9.17, 15) is 14.0 Å². The van der Waals surface area contributed by atoms with E-state index in [0.717, 1.165) is 26.9 Å². The largest absolute Gasteiger partial charge is 0.379 e. The first-order valence-corrected chi connectivity index (χ1v) is 13.5. The Balaban J connectivity index is 1.73. The number of benzene rings is 2. The molecule has 5 rings (SSSR count). The van der Waals surface area contributed by atoms with Gasteiger partial charge in [0.05, 0.1) is 23.2 Å². The molecule has 0 bridgehead atoms. The van der Waals surface area contributed by atoms with Crippen LogP contribution in [-0.4, -0.2) is 64.5 Å². The third kappa shape index (κ3) is 4.53. The number of hydrogen-bond donors (Lipinski definition) is 0. The Bertz CT molecular complexity index is 1430. The summed E-state index contributed by atoms with van der Waals surface area (Å²) in [5.41, 5.74) is 1.89. The molecule has 1 amide bonds. The Hall–Kier alpha value is -2.88.